The fraction of sp³-hybridized carbons (Fsp3) is 0.529. The Labute approximate surface area is 132 Å². The van der Waals surface area contributed by atoms with Gasteiger partial charge in [-0.15, -0.1) is 0 Å². The van der Waals surface area contributed by atoms with Gasteiger partial charge in [-0.25, -0.2) is 0 Å². The molecule has 22 heavy (non-hydrogen) atoms. The zero-order valence-corrected chi connectivity index (χ0v) is 13.5. The van der Waals surface area contributed by atoms with E-state index in [1.54, 1.807) is 7.11 Å². The van der Waals surface area contributed by atoms with Crippen LogP contribution in [-0.2, 0) is 11.2 Å². The molecule has 0 radical (unpaired) electrons. The molecule has 1 aromatic rings. The molecule has 0 fully saturated rings. The minimum atomic E-state index is 0.729. The monoisotopic (exact) mass is 300 g/mol. The SMILES string of the molecule is COCCN1CC2=C(C)N(CCc3ccccn3)CCC2=N1. The van der Waals surface area contributed by atoms with Crippen LogP contribution >= 0.6 is 0 Å². The molecule has 0 amide bonds. The van der Waals surface area contributed by atoms with Crippen molar-refractivity contribution in [2.45, 2.75) is 19.8 Å². The summed E-state index contributed by atoms with van der Waals surface area (Å²) in [4.78, 5) is 6.89. The lowest BCUT2D eigenvalue weighted by Crippen LogP contribution is -2.33. The van der Waals surface area contributed by atoms with Crippen molar-refractivity contribution in [1.29, 1.82) is 0 Å². The minimum absolute atomic E-state index is 0.729. The molecule has 5 nitrogen and oxygen atoms in total. The number of fused-ring (bicyclic) bond motifs is 1. The molecule has 0 saturated carbocycles. The first-order chi connectivity index (χ1) is 10.8. The van der Waals surface area contributed by atoms with E-state index in [-0.39, 0.29) is 0 Å². The van der Waals surface area contributed by atoms with Gasteiger partial charge in [0.05, 0.1) is 25.4 Å². The number of nitrogens with zero attached hydrogens (tertiary/aromatic N) is 4. The third-order valence-electron chi connectivity index (χ3n) is 4.40. The largest absolute Gasteiger partial charge is 0.383 e. The molecule has 0 aliphatic carbocycles. The van der Waals surface area contributed by atoms with Crippen LogP contribution in [0.15, 0.2) is 40.8 Å². The van der Waals surface area contributed by atoms with E-state index in [9.17, 15) is 0 Å². The van der Waals surface area contributed by atoms with Gasteiger partial charge in [-0.05, 0) is 19.1 Å². The number of pyridine rings is 1. The van der Waals surface area contributed by atoms with E-state index in [1.165, 1.54) is 17.0 Å². The normalized spacial score (nSPS) is 17.8. The Morgan fingerprint density at radius 3 is 2.95 bits per heavy atom. The second-order valence-corrected chi connectivity index (χ2v) is 5.80. The van der Waals surface area contributed by atoms with Crippen LogP contribution in [0.4, 0.5) is 0 Å². The van der Waals surface area contributed by atoms with Crippen LogP contribution in [0.3, 0.4) is 0 Å². The summed E-state index contributed by atoms with van der Waals surface area (Å²) in [5.74, 6) is 0. The highest BCUT2D eigenvalue weighted by molar-refractivity contribution is 6.03. The van der Waals surface area contributed by atoms with Crippen LogP contribution in [0.1, 0.15) is 19.0 Å². The lowest BCUT2D eigenvalue weighted by molar-refractivity contribution is 0.159. The van der Waals surface area contributed by atoms with E-state index in [4.69, 9.17) is 9.84 Å². The molecule has 3 heterocycles. The highest BCUT2D eigenvalue weighted by atomic mass is 16.5. The van der Waals surface area contributed by atoms with Crippen molar-refractivity contribution in [2.24, 2.45) is 5.10 Å². The summed E-state index contributed by atoms with van der Waals surface area (Å²) in [5, 5.41) is 6.85. The number of ether oxygens (including phenoxy) is 1. The Hall–Kier alpha value is -1.88. The lowest BCUT2D eigenvalue weighted by atomic mass is 10.0. The van der Waals surface area contributed by atoms with Crippen LogP contribution in [-0.4, -0.2) is 60.5 Å². The van der Waals surface area contributed by atoms with Gasteiger partial charge in [-0.1, -0.05) is 6.07 Å². The minimum Gasteiger partial charge on any atom is -0.383 e. The molecule has 2 aliphatic heterocycles. The maximum Gasteiger partial charge on any atom is 0.0690 e. The van der Waals surface area contributed by atoms with Crippen molar-refractivity contribution in [2.75, 3.05) is 39.9 Å². The average Bonchev–Trinajstić information content (AvgIpc) is 2.97. The zero-order chi connectivity index (χ0) is 15.4. The van der Waals surface area contributed by atoms with Gasteiger partial charge < -0.3 is 9.64 Å². The van der Waals surface area contributed by atoms with E-state index in [0.29, 0.717) is 0 Å². The van der Waals surface area contributed by atoms with Gasteiger partial charge in [0.15, 0.2) is 0 Å². The predicted molar refractivity (Wildman–Crippen MR) is 87.7 cm³/mol. The van der Waals surface area contributed by atoms with Crippen molar-refractivity contribution >= 4 is 5.71 Å². The quantitative estimate of drug-likeness (QED) is 0.805. The van der Waals surface area contributed by atoms with Gasteiger partial charge in [0.1, 0.15) is 0 Å². The molecule has 0 bridgehead atoms. The van der Waals surface area contributed by atoms with Crippen LogP contribution in [0.5, 0.6) is 0 Å². The Kier molecular flexibility index (Phi) is 4.73. The highest BCUT2D eigenvalue weighted by Gasteiger charge is 2.28. The number of hydrazone groups is 1. The molecule has 0 spiro atoms. The summed E-state index contributed by atoms with van der Waals surface area (Å²) in [6, 6.07) is 6.12. The number of allylic oxidation sites excluding steroid dienone is 1. The zero-order valence-electron chi connectivity index (χ0n) is 13.5. The van der Waals surface area contributed by atoms with Gasteiger partial charge >= 0.3 is 0 Å². The lowest BCUT2D eigenvalue weighted by Gasteiger charge is -2.31. The highest BCUT2D eigenvalue weighted by Crippen LogP contribution is 2.26. The van der Waals surface area contributed by atoms with Crippen molar-refractivity contribution in [3.8, 4) is 0 Å². The number of aromatic nitrogens is 1. The second kappa shape index (κ2) is 6.92. The molecular weight excluding hydrogens is 276 g/mol. The van der Waals surface area contributed by atoms with Gasteiger partial charge in [0, 0.05) is 56.2 Å². The number of rotatable bonds is 6. The first kappa shape index (κ1) is 15.0. The Morgan fingerprint density at radius 2 is 2.18 bits per heavy atom. The average molecular weight is 300 g/mol. The molecule has 0 unspecified atom stereocenters. The van der Waals surface area contributed by atoms with Gasteiger partial charge in [-0.2, -0.15) is 5.10 Å². The summed E-state index contributed by atoms with van der Waals surface area (Å²) in [5.41, 5.74) is 5.21. The predicted octanol–water partition coefficient (Wildman–Crippen LogP) is 1.92. The maximum atomic E-state index is 5.15. The topological polar surface area (TPSA) is 41.0 Å². The van der Waals surface area contributed by atoms with Crippen LogP contribution in [0, 0.1) is 0 Å². The number of hydrogen-bond donors (Lipinski definition) is 0. The molecule has 0 atom stereocenters. The molecule has 0 aromatic carbocycles. The van der Waals surface area contributed by atoms with Crippen LogP contribution in [0.2, 0.25) is 0 Å². The Balaban J connectivity index is 1.62. The number of methoxy groups -OCH3 is 1. The standard InChI is InChI=1S/C17H24N4O/c1-14-16-13-21(11-12-22-2)19-17(16)7-10-20(14)9-6-15-5-3-4-8-18-15/h3-5,8H,6-7,9-13H2,1-2H3. The fourth-order valence-electron chi connectivity index (χ4n) is 3.06. The van der Waals surface area contributed by atoms with Gasteiger partial charge in [0.25, 0.3) is 0 Å². The van der Waals surface area contributed by atoms with Crippen molar-refractivity contribution in [3.63, 3.8) is 0 Å². The summed E-state index contributed by atoms with van der Waals surface area (Å²) < 4.78 is 5.15. The molecule has 1 aromatic heterocycles. The van der Waals surface area contributed by atoms with Crippen molar-refractivity contribution < 1.29 is 4.74 Å². The molecule has 118 valence electrons. The summed E-state index contributed by atoms with van der Waals surface area (Å²) in [6.07, 6.45) is 3.90. The first-order valence-electron chi connectivity index (χ1n) is 7.94. The van der Waals surface area contributed by atoms with Crippen molar-refractivity contribution in [3.05, 3.63) is 41.4 Å². The molecular formula is C17H24N4O. The Bertz CT molecular complexity index is 567. The molecule has 0 N–H and O–H groups in total. The van der Waals surface area contributed by atoms with E-state index >= 15 is 0 Å². The summed E-state index contributed by atoms with van der Waals surface area (Å²) in [6.45, 7) is 6.82. The first-order valence-corrected chi connectivity index (χ1v) is 7.94. The van der Waals surface area contributed by atoms with E-state index in [1.807, 2.05) is 12.3 Å². The molecule has 5 heteroatoms. The van der Waals surface area contributed by atoms with Crippen molar-refractivity contribution in [1.82, 2.24) is 14.9 Å². The van der Waals surface area contributed by atoms with Crippen LogP contribution < -0.4 is 0 Å². The third kappa shape index (κ3) is 3.30. The smallest absolute Gasteiger partial charge is 0.0690 e. The number of hydrogen-bond acceptors (Lipinski definition) is 5. The maximum absolute atomic E-state index is 5.15. The van der Waals surface area contributed by atoms with E-state index in [2.05, 4.69) is 33.9 Å². The molecule has 0 saturated heterocycles. The molecule has 2 aliphatic rings. The van der Waals surface area contributed by atoms with E-state index in [0.717, 1.165) is 51.3 Å². The fourth-order valence-corrected chi connectivity index (χ4v) is 3.06. The van der Waals surface area contributed by atoms with Crippen LogP contribution in [0.25, 0.3) is 0 Å². The van der Waals surface area contributed by atoms with Gasteiger partial charge in [0.2, 0.25) is 0 Å². The van der Waals surface area contributed by atoms with Gasteiger partial charge in [-0.3, -0.25) is 9.99 Å². The summed E-state index contributed by atoms with van der Waals surface area (Å²) in [7, 11) is 1.74. The molecule has 3 rings (SSSR count). The summed E-state index contributed by atoms with van der Waals surface area (Å²) >= 11 is 0. The third-order valence-corrected chi connectivity index (χ3v) is 4.40. The second-order valence-electron chi connectivity index (χ2n) is 5.80. The van der Waals surface area contributed by atoms with E-state index < -0.39 is 0 Å². The Morgan fingerprint density at radius 1 is 1.27 bits per heavy atom.